The number of carbonyl (C=O) groups is 1. The molecule has 4 rings (SSSR count). The van der Waals surface area contributed by atoms with Crippen LogP contribution in [0.1, 0.15) is 6.92 Å². The number of hydrogen-bond donors (Lipinski definition) is 2. The van der Waals surface area contributed by atoms with Crippen LogP contribution in [-0.2, 0) is 4.79 Å². The molecule has 1 heterocycles. The standard InChI is InChI=1S/C22H18N2O/c1-15(25)23-18-13-11-17(12-14-18)22-21(16-7-3-2-4-8-16)19-9-5-6-10-20(19)24-22/h2-14,24H,1H3,(H,23,25). The first kappa shape index (κ1) is 15.2. The van der Waals surface area contributed by atoms with Gasteiger partial charge in [0.2, 0.25) is 5.91 Å². The monoisotopic (exact) mass is 326 g/mol. The summed E-state index contributed by atoms with van der Waals surface area (Å²) in [5.41, 5.74) is 6.46. The number of anilines is 1. The maximum absolute atomic E-state index is 11.2. The van der Waals surface area contributed by atoms with Crippen molar-refractivity contribution in [2.24, 2.45) is 0 Å². The molecule has 4 aromatic rings. The van der Waals surface area contributed by atoms with Crippen LogP contribution >= 0.6 is 0 Å². The van der Waals surface area contributed by atoms with Crippen molar-refractivity contribution in [3.8, 4) is 22.4 Å². The third kappa shape index (κ3) is 2.92. The topological polar surface area (TPSA) is 44.9 Å². The molecule has 0 spiro atoms. The van der Waals surface area contributed by atoms with Crippen LogP contribution in [-0.4, -0.2) is 10.9 Å². The van der Waals surface area contributed by atoms with Crippen molar-refractivity contribution in [3.63, 3.8) is 0 Å². The minimum absolute atomic E-state index is 0.0664. The van der Waals surface area contributed by atoms with E-state index in [0.29, 0.717) is 0 Å². The zero-order chi connectivity index (χ0) is 17.2. The average molecular weight is 326 g/mol. The fourth-order valence-corrected chi connectivity index (χ4v) is 3.19. The quantitative estimate of drug-likeness (QED) is 0.516. The normalized spacial score (nSPS) is 10.8. The third-order valence-electron chi connectivity index (χ3n) is 4.26. The molecule has 3 heteroatoms. The molecule has 0 saturated carbocycles. The Balaban J connectivity index is 1.88. The van der Waals surface area contributed by atoms with E-state index < -0.39 is 0 Å². The molecule has 0 saturated heterocycles. The lowest BCUT2D eigenvalue weighted by Gasteiger charge is -2.07. The Kier molecular flexibility index (Phi) is 3.82. The minimum atomic E-state index is -0.0664. The Hall–Kier alpha value is -3.33. The van der Waals surface area contributed by atoms with Crippen molar-refractivity contribution >= 4 is 22.5 Å². The molecule has 0 aliphatic rings. The van der Waals surface area contributed by atoms with Crippen molar-refractivity contribution in [3.05, 3.63) is 78.9 Å². The molecule has 1 amide bonds. The van der Waals surface area contributed by atoms with E-state index in [0.717, 1.165) is 22.5 Å². The molecular formula is C22H18N2O. The number of aromatic nitrogens is 1. The zero-order valence-electron chi connectivity index (χ0n) is 13.9. The number of aromatic amines is 1. The predicted molar refractivity (Wildman–Crippen MR) is 103 cm³/mol. The van der Waals surface area contributed by atoms with E-state index in [9.17, 15) is 4.79 Å². The van der Waals surface area contributed by atoms with Gasteiger partial charge in [0.15, 0.2) is 0 Å². The van der Waals surface area contributed by atoms with E-state index in [4.69, 9.17) is 0 Å². The summed E-state index contributed by atoms with van der Waals surface area (Å²) in [6.45, 7) is 1.51. The number of rotatable bonds is 3. The van der Waals surface area contributed by atoms with Crippen molar-refractivity contribution in [2.75, 3.05) is 5.32 Å². The highest BCUT2D eigenvalue weighted by Crippen LogP contribution is 2.38. The largest absolute Gasteiger partial charge is 0.354 e. The summed E-state index contributed by atoms with van der Waals surface area (Å²) in [5, 5.41) is 4.01. The Morgan fingerprint density at radius 1 is 0.800 bits per heavy atom. The molecular weight excluding hydrogens is 308 g/mol. The predicted octanol–water partition coefficient (Wildman–Crippen LogP) is 5.46. The second-order valence-electron chi connectivity index (χ2n) is 6.05. The first-order valence-corrected chi connectivity index (χ1v) is 8.26. The molecule has 0 atom stereocenters. The molecule has 0 radical (unpaired) electrons. The lowest BCUT2D eigenvalue weighted by molar-refractivity contribution is -0.114. The van der Waals surface area contributed by atoms with Gasteiger partial charge in [-0.3, -0.25) is 4.79 Å². The first-order chi connectivity index (χ1) is 12.2. The van der Waals surface area contributed by atoms with Crippen molar-refractivity contribution in [1.29, 1.82) is 0 Å². The van der Waals surface area contributed by atoms with Gasteiger partial charge in [0.05, 0.1) is 5.69 Å². The van der Waals surface area contributed by atoms with E-state index in [1.165, 1.54) is 23.4 Å². The summed E-state index contributed by atoms with van der Waals surface area (Å²) in [4.78, 5) is 14.8. The van der Waals surface area contributed by atoms with Crippen LogP contribution in [0.5, 0.6) is 0 Å². The summed E-state index contributed by atoms with van der Waals surface area (Å²) < 4.78 is 0. The second kappa shape index (κ2) is 6.29. The van der Waals surface area contributed by atoms with Crippen LogP contribution in [0, 0.1) is 0 Å². The molecule has 3 aromatic carbocycles. The Labute approximate surface area is 146 Å². The van der Waals surface area contributed by atoms with E-state index in [-0.39, 0.29) is 5.91 Å². The van der Waals surface area contributed by atoms with Crippen LogP contribution in [0.15, 0.2) is 78.9 Å². The molecule has 25 heavy (non-hydrogen) atoms. The first-order valence-electron chi connectivity index (χ1n) is 8.26. The Morgan fingerprint density at radius 2 is 1.48 bits per heavy atom. The van der Waals surface area contributed by atoms with Crippen molar-refractivity contribution in [1.82, 2.24) is 4.98 Å². The van der Waals surface area contributed by atoms with Crippen LogP contribution in [0.4, 0.5) is 5.69 Å². The maximum Gasteiger partial charge on any atom is 0.221 e. The van der Waals surface area contributed by atoms with Gasteiger partial charge in [-0.25, -0.2) is 0 Å². The fraction of sp³-hybridized carbons (Fsp3) is 0.0455. The molecule has 0 unspecified atom stereocenters. The Bertz CT molecular complexity index is 1030. The molecule has 0 aliphatic heterocycles. The number of H-pyrrole nitrogens is 1. The van der Waals surface area contributed by atoms with E-state index in [1.54, 1.807) is 0 Å². The zero-order valence-corrected chi connectivity index (χ0v) is 13.9. The second-order valence-corrected chi connectivity index (χ2v) is 6.05. The number of nitrogens with one attached hydrogen (secondary N) is 2. The van der Waals surface area contributed by atoms with E-state index in [2.05, 4.69) is 52.8 Å². The molecule has 2 N–H and O–H groups in total. The number of benzene rings is 3. The van der Waals surface area contributed by atoms with Gasteiger partial charge in [-0.15, -0.1) is 0 Å². The highest BCUT2D eigenvalue weighted by Gasteiger charge is 2.14. The highest BCUT2D eigenvalue weighted by atomic mass is 16.1. The number of para-hydroxylation sites is 1. The summed E-state index contributed by atoms with van der Waals surface area (Å²) in [7, 11) is 0. The number of amides is 1. The van der Waals surface area contributed by atoms with Gasteiger partial charge in [0.1, 0.15) is 0 Å². The highest BCUT2D eigenvalue weighted by molar-refractivity contribution is 6.03. The molecule has 0 aliphatic carbocycles. The summed E-state index contributed by atoms with van der Waals surface area (Å²) >= 11 is 0. The lowest BCUT2D eigenvalue weighted by atomic mass is 9.98. The fourth-order valence-electron chi connectivity index (χ4n) is 3.19. The summed E-state index contributed by atoms with van der Waals surface area (Å²) in [6.07, 6.45) is 0. The SMILES string of the molecule is CC(=O)Nc1ccc(-c2[nH]c3ccccc3c2-c2ccccc2)cc1. The molecule has 1 aromatic heterocycles. The number of fused-ring (bicyclic) bond motifs is 1. The minimum Gasteiger partial charge on any atom is -0.354 e. The van der Waals surface area contributed by atoms with Crippen LogP contribution in [0.25, 0.3) is 33.3 Å². The number of hydrogen-bond acceptors (Lipinski definition) is 1. The van der Waals surface area contributed by atoms with Crippen LogP contribution < -0.4 is 5.32 Å². The molecule has 3 nitrogen and oxygen atoms in total. The third-order valence-corrected chi connectivity index (χ3v) is 4.26. The summed E-state index contributed by atoms with van der Waals surface area (Å²) in [5.74, 6) is -0.0664. The van der Waals surface area contributed by atoms with Gasteiger partial charge >= 0.3 is 0 Å². The van der Waals surface area contributed by atoms with Gasteiger partial charge in [-0.1, -0.05) is 60.7 Å². The van der Waals surface area contributed by atoms with Gasteiger partial charge < -0.3 is 10.3 Å². The van der Waals surface area contributed by atoms with Crippen LogP contribution in [0.2, 0.25) is 0 Å². The van der Waals surface area contributed by atoms with Crippen molar-refractivity contribution in [2.45, 2.75) is 6.92 Å². The van der Waals surface area contributed by atoms with E-state index in [1.807, 2.05) is 36.4 Å². The molecule has 0 bridgehead atoms. The van der Waals surface area contributed by atoms with Gasteiger partial charge in [-0.2, -0.15) is 0 Å². The number of carbonyl (C=O) groups excluding carboxylic acids is 1. The lowest BCUT2D eigenvalue weighted by Crippen LogP contribution is -2.05. The van der Waals surface area contributed by atoms with E-state index >= 15 is 0 Å². The van der Waals surface area contributed by atoms with Gasteiger partial charge in [0.25, 0.3) is 0 Å². The maximum atomic E-state index is 11.2. The molecule has 122 valence electrons. The summed E-state index contributed by atoms with van der Waals surface area (Å²) in [6, 6.07) is 26.7. The Morgan fingerprint density at radius 3 is 2.20 bits per heavy atom. The smallest absolute Gasteiger partial charge is 0.221 e. The van der Waals surface area contributed by atoms with Crippen molar-refractivity contribution < 1.29 is 4.79 Å². The average Bonchev–Trinajstić information content (AvgIpc) is 3.02. The van der Waals surface area contributed by atoms with Gasteiger partial charge in [0, 0.05) is 29.1 Å². The van der Waals surface area contributed by atoms with Crippen LogP contribution in [0.3, 0.4) is 0 Å². The van der Waals surface area contributed by atoms with Gasteiger partial charge in [-0.05, 0) is 29.3 Å². The molecule has 0 fully saturated rings.